The van der Waals surface area contributed by atoms with E-state index in [0.717, 1.165) is 45.5 Å². The lowest BCUT2D eigenvalue weighted by Crippen LogP contribution is -2.16. The van der Waals surface area contributed by atoms with Crippen LogP contribution >= 0.6 is 0 Å². The Morgan fingerprint density at radius 3 is 1.25 bits per heavy atom. The molecule has 8 rings (SSSR count). The molecule has 262 valence electrons. The van der Waals surface area contributed by atoms with Gasteiger partial charge in [0, 0.05) is 27.1 Å². The highest BCUT2D eigenvalue weighted by Crippen LogP contribution is 2.47. The van der Waals surface area contributed by atoms with Crippen LogP contribution in [-0.2, 0) is 18.5 Å². The van der Waals surface area contributed by atoms with Gasteiger partial charge in [-0.1, -0.05) is 48.5 Å². The van der Waals surface area contributed by atoms with Crippen LogP contribution in [0, 0.1) is 13.8 Å². The maximum Gasteiger partial charge on any atom is 0.420 e. The minimum atomic E-state index is -5.20. The van der Waals surface area contributed by atoms with Gasteiger partial charge in [-0.25, -0.2) is 15.0 Å². The summed E-state index contributed by atoms with van der Waals surface area (Å²) in [5, 5.41) is 1.26. The zero-order valence-corrected chi connectivity index (χ0v) is 26.9. The number of hydrogen-bond acceptors (Lipinski definition) is 3. The predicted octanol–water partition coefficient (Wildman–Crippen LogP) is 11.4. The van der Waals surface area contributed by atoms with Crippen molar-refractivity contribution in [1.29, 1.82) is 0 Å². The molecule has 5 nitrogen and oxygen atoms in total. The fraction of sp³-hybridized carbons (Fsp3) is 0.132. The molecule has 5 aromatic carbocycles. The summed E-state index contributed by atoms with van der Waals surface area (Å²) >= 11 is 0. The van der Waals surface area contributed by atoms with E-state index in [2.05, 4.69) is 15.0 Å². The molecule has 0 aliphatic rings. The fourth-order valence-corrected chi connectivity index (χ4v) is 6.94. The van der Waals surface area contributed by atoms with Crippen molar-refractivity contribution in [3.63, 3.8) is 0 Å². The first-order valence-corrected chi connectivity index (χ1v) is 15.7. The van der Waals surface area contributed by atoms with Crippen molar-refractivity contribution in [1.82, 2.24) is 24.1 Å². The molecule has 0 N–H and O–H groups in total. The molecular weight excluding hydrogens is 697 g/mol. The lowest BCUT2D eigenvalue weighted by molar-refractivity contribution is -0.138. The van der Waals surface area contributed by atoms with E-state index in [9.17, 15) is 26.3 Å². The third kappa shape index (κ3) is 5.31. The highest BCUT2D eigenvalue weighted by atomic mass is 19.4. The molecule has 52 heavy (non-hydrogen) atoms. The van der Waals surface area contributed by atoms with E-state index < -0.39 is 46.6 Å². The Morgan fingerprint density at radius 2 is 0.846 bits per heavy atom. The third-order valence-electron chi connectivity index (χ3n) is 8.98. The van der Waals surface area contributed by atoms with E-state index in [-0.39, 0.29) is 55.9 Å². The van der Waals surface area contributed by atoms with Crippen molar-refractivity contribution in [2.24, 2.45) is 0 Å². The topological polar surface area (TPSA) is 48.5 Å². The number of para-hydroxylation sites is 2. The molecule has 3 heterocycles. The second kappa shape index (κ2) is 11.3. The average molecular weight is 720 g/mol. The molecular formula is C38H22F9N5. The minimum absolute atomic E-state index is 0.0161. The molecule has 0 radical (unpaired) electrons. The summed E-state index contributed by atoms with van der Waals surface area (Å²) in [7, 11) is 0. The summed E-state index contributed by atoms with van der Waals surface area (Å²) in [4.78, 5) is 12.9. The van der Waals surface area contributed by atoms with Crippen LogP contribution in [0.5, 0.6) is 0 Å². The fourth-order valence-electron chi connectivity index (χ4n) is 6.94. The van der Waals surface area contributed by atoms with Gasteiger partial charge in [-0.2, -0.15) is 39.5 Å². The van der Waals surface area contributed by atoms with Crippen LogP contribution in [0.25, 0.3) is 66.4 Å². The number of fused-ring (bicyclic) bond motifs is 6. The molecule has 0 aliphatic heterocycles. The van der Waals surface area contributed by atoms with Crippen molar-refractivity contribution in [3.8, 4) is 22.8 Å². The molecule has 0 bridgehead atoms. The number of nitrogens with zero attached hydrogens (tertiary/aromatic N) is 5. The van der Waals surface area contributed by atoms with E-state index in [0.29, 0.717) is 10.8 Å². The Hall–Kier alpha value is -5.92. The number of alkyl halides is 9. The number of rotatable bonds is 3. The lowest BCUT2D eigenvalue weighted by atomic mass is 10.0. The molecule has 0 saturated carbocycles. The van der Waals surface area contributed by atoms with E-state index >= 15 is 13.2 Å². The van der Waals surface area contributed by atoms with Crippen LogP contribution in [0.15, 0.2) is 97.1 Å². The molecule has 8 aromatic rings. The smallest absolute Gasteiger partial charge is 0.309 e. The molecule has 3 aromatic heterocycles. The van der Waals surface area contributed by atoms with Gasteiger partial charge in [-0.3, -0.25) is 0 Å². The number of hydrogen-bond donors (Lipinski definition) is 0. The first kappa shape index (κ1) is 33.2. The summed E-state index contributed by atoms with van der Waals surface area (Å²) in [6.45, 7) is 3.11. The Morgan fingerprint density at radius 1 is 0.442 bits per heavy atom. The van der Waals surface area contributed by atoms with Gasteiger partial charge in [-0.05, 0) is 62.4 Å². The highest BCUT2D eigenvalue weighted by molar-refractivity contribution is 6.11. The average Bonchev–Trinajstić information content (AvgIpc) is 3.58. The number of aryl methyl sites for hydroxylation is 2. The van der Waals surface area contributed by atoms with Gasteiger partial charge in [0.05, 0.1) is 44.6 Å². The van der Waals surface area contributed by atoms with Gasteiger partial charge in [0.2, 0.25) is 0 Å². The normalized spacial score (nSPS) is 12.9. The molecule has 0 atom stereocenters. The summed E-state index contributed by atoms with van der Waals surface area (Å²) in [6, 6.07) is 20.5. The van der Waals surface area contributed by atoms with Crippen molar-refractivity contribution < 1.29 is 39.5 Å². The first-order chi connectivity index (χ1) is 24.5. The molecule has 0 unspecified atom stereocenters. The quantitative estimate of drug-likeness (QED) is 0.171. The Bertz CT molecular complexity index is 2560. The summed E-state index contributed by atoms with van der Waals surface area (Å²) in [6.07, 6.45) is -14.9. The number of aromatic nitrogens is 5. The second-order valence-electron chi connectivity index (χ2n) is 12.3. The van der Waals surface area contributed by atoms with Gasteiger partial charge in [0.25, 0.3) is 0 Å². The maximum atomic E-state index is 15.9. The molecule has 0 amide bonds. The molecule has 14 heteroatoms. The van der Waals surface area contributed by atoms with E-state index in [1.54, 1.807) is 50.2 Å². The molecule has 0 fully saturated rings. The Kier molecular flexibility index (Phi) is 7.22. The minimum Gasteiger partial charge on any atom is -0.309 e. The largest absolute Gasteiger partial charge is 0.420 e. The SMILES string of the molecule is Cc1nc(C)nc(-c2cc(-n3c4ccccc4c4ccc(C(F)(F)F)cc43)c(C(F)(F)F)c(-n3c4ccccc4c4ccc(C(F)(F)F)cc43)c2)n1. The van der Waals surface area contributed by atoms with Gasteiger partial charge >= 0.3 is 18.5 Å². The number of halogens is 9. The standard InChI is InChI=1S/C38H22F9N5/c1-19-48-20(2)50-35(49-19)21-15-32(51-28-9-5-3-7-24(28)26-13-11-22(17-30(26)51)36(39,40)41)34(38(45,46)47)33(16-21)52-29-10-6-4-8-25(29)27-14-12-23(18-31(27)52)37(42,43)44/h3-18H,1-2H3. The van der Waals surface area contributed by atoms with Gasteiger partial charge in [-0.15, -0.1) is 0 Å². The van der Waals surface area contributed by atoms with E-state index in [1.807, 2.05) is 0 Å². The predicted molar refractivity (Wildman–Crippen MR) is 178 cm³/mol. The van der Waals surface area contributed by atoms with Crippen molar-refractivity contribution in [2.75, 3.05) is 0 Å². The summed E-state index contributed by atoms with van der Waals surface area (Å²) in [5.41, 5.74) is -4.65. The van der Waals surface area contributed by atoms with Crippen LogP contribution in [0.2, 0.25) is 0 Å². The van der Waals surface area contributed by atoms with Crippen LogP contribution in [0.1, 0.15) is 28.3 Å². The van der Waals surface area contributed by atoms with Crippen LogP contribution in [0.3, 0.4) is 0 Å². The molecule has 0 saturated heterocycles. The maximum absolute atomic E-state index is 15.9. The van der Waals surface area contributed by atoms with Crippen LogP contribution in [-0.4, -0.2) is 24.1 Å². The van der Waals surface area contributed by atoms with Gasteiger partial charge in [0.1, 0.15) is 17.2 Å². The van der Waals surface area contributed by atoms with Gasteiger partial charge < -0.3 is 9.13 Å². The van der Waals surface area contributed by atoms with E-state index in [4.69, 9.17) is 0 Å². The first-order valence-electron chi connectivity index (χ1n) is 15.7. The van der Waals surface area contributed by atoms with E-state index in [1.165, 1.54) is 24.3 Å². The van der Waals surface area contributed by atoms with Crippen LogP contribution in [0.4, 0.5) is 39.5 Å². The molecule has 0 spiro atoms. The summed E-state index contributed by atoms with van der Waals surface area (Å²) < 4.78 is 134. The van der Waals surface area contributed by atoms with Crippen molar-refractivity contribution in [3.05, 3.63) is 125 Å². The Labute approximate surface area is 287 Å². The van der Waals surface area contributed by atoms with Crippen molar-refractivity contribution >= 4 is 43.6 Å². The lowest BCUT2D eigenvalue weighted by Gasteiger charge is -2.23. The highest BCUT2D eigenvalue weighted by Gasteiger charge is 2.40. The Balaban J connectivity index is 1.61. The van der Waals surface area contributed by atoms with Crippen molar-refractivity contribution in [2.45, 2.75) is 32.4 Å². The van der Waals surface area contributed by atoms with Gasteiger partial charge in [0.15, 0.2) is 5.82 Å². The zero-order valence-electron chi connectivity index (χ0n) is 26.9. The zero-order chi connectivity index (χ0) is 36.9. The molecule has 0 aliphatic carbocycles. The monoisotopic (exact) mass is 719 g/mol. The van der Waals surface area contributed by atoms with Crippen LogP contribution < -0.4 is 0 Å². The summed E-state index contributed by atoms with van der Waals surface area (Å²) in [5.74, 6) is 0.433. The third-order valence-corrected chi connectivity index (χ3v) is 8.98. The second-order valence-corrected chi connectivity index (χ2v) is 12.3. The number of benzene rings is 5.